The van der Waals surface area contributed by atoms with Crippen molar-refractivity contribution in [1.82, 2.24) is 14.3 Å². The van der Waals surface area contributed by atoms with Crippen molar-refractivity contribution in [2.45, 2.75) is 25.7 Å². The first-order valence-corrected chi connectivity index (χ1v) is 10.2. The van der Waals surface area contributed by atoms with Crippen molar-refractivity contribution >= 4 is 26.7 Å². The van der Waals surface area contributed by atoms with Crippen molar-refractivity contribution in [1.29, 1.82) is 0 Å². The standard InChI is InChI=1S/C17H22N4O2S/c1-2-24(22,23)21-11-9-20(10-12-21)17-14-5-3-4-6-15(14)18-16(19-17)13-7-8-13/h3-6,13H,2,7-12H2,1H3. The first-order valence-electron chi connectivity index (χ1n) is 8.58. The van der Waals surface area contributed by atoms with Crippen LogP contribution < -0.4 is 4.90 Å². The van der Waals surface area contributed by atoms with Crippen molar-refractivity contribution in [2.75, 3.05) is 36.8 Å². The minimum absolute atomic E-state index is 0.162. The number of benzene rings is 1. The van der Waals surface area contributed by atoms with E-state index >= 15 is 0 Å². The summed E-state index contributed by atoms with van der Waals surface area (Å²) < 4.78 is 25.7. The summed E-state index contributed by atoms with van der Waals surface area (Å²) in [4.78, 5) is 11.8. The van der Waals surface area contributed by atoms with Gasteiger partial charge in [-0.2, -0.15) is 4.31 Å². The Morgan fingerprint density at radius 2 is 1.79 bits per heavy atom. The lowest BCUT2D eigenvalue weighted by atomic mass is 10.2. The molecule has 7 heteroatoms. The predicted octanol–water partition coefficient (Wildman–Crippen LogP) is 1.98. The molecule has 2 fully saturated rings. The summed E-state index contributed by atoms with van der Waals surface area (Å²) in [5.41, 5.74) is 0.980. The van der Waals surface area contributed by atoms with Crippen LogP contribution in [0.5, 0.6) is 0 Å². The average molecular weight is 346 g/mol. The Morgan fingerprint density at radius 1 is 1.08 bits per heavy atom. The fourth-order valence-corrected chi connectivity index (χ4v) is 4.29. The molecule has 24 heavy (non-hydrogen) atoms. The number of fused-ring (bicyclic) bond motifs is 1. The molecule has 1 aliphatic heterocycles. The number of aromatic nitrogens is 2. The maximum absolute atomic E-state index is 12.0. The Kier molecular flexibility index (Phi) is 3.92. The van der Waals surface area contributed by atoms with Gasteiger partial charge in [-0.1, -0.05) is 12.1 Å². The topological polar surface area (TPSA) is 66.4 Å². The van der Waals surface area contributed by atoms with Crippen LogP contribution in [0, 0.1) is 0 Å². The second-order valence-corrected chi connectivity index (χ2v) is 8.74. The van der Waals surface area contributed by atoms with Crippen LogP contribution in [-0.4, -0.2) is 54.6 Å². The zero-order chi connectivity index (χ0) is 16.7. The third kappa shape index (κ3) is 2.86. The number of rotatable bonds is 4. The lowest BCUT2D eigenvalue weighted by molar-refractivity contribution is 0.384. The monoisotopic (exact) mass is 346 g/mol. The molecule has 2 aromatic rings. The van der Waals surface area contributed by atoms with Gasteiger partial charge < -0.3 is 4.90 Å². The fourth-order valence-electron chi connectivity index (χ4n) is 3.20. The maximum atomic E-state index is 12.0. The van der Waals surface area contributed by atoms with Gasteiger partial charge in [-0.15, -0.1) is 0 Å². The van der Waals surface area contributed by atoms with Crippen LogP contribution >= 0.6 is 0 Å². The van der Waals surface area contributed by atoms with Crippen LogP contribution in [0.3, 0.4) is 0 Å². The summed E-state index contributed by atoms with van der Waals surface area (Å²) in [6, 6.07) is 8.09. The fraction of sp³-hybridized carbons (Fsp3) is 0.529. The first kappa shape index (κ1) is 15.8. The molecular formula is C17H22N4O2S. The molecule has 1 saturated heterocycles. The third-order valence-electron chi connectivity index (χ3n) is 4.84. The minimum Gasteiger partial charge on any atom is -0.353 e. The Morgan fingerprint density at radius 3 is 2.46 bits per heavy atom. The number of piperazine rings is 1. The van der Waals surface area contributed by atoms with Crippen molar-refractivity contribution in [3.63, 3.8) is 0 Å². The van der Waals surface area contributed by atoms with Gasteiger partial charge in [0.05, 0.1) is 11.3 Å². The minimum atomic E-state index is -3.11. The highest BCUT2D eigenvalue weighted by Crippen LogP contribution is 2.39. The van der Waals surface area contributed by atoms with E-state index in [9.17, 15) is 8.42 Å². The van der Waals surface area contributed by atoms with E-state index in [1.807, 2.05) is 18.2 Å². The highest BCUT2D eigenvalue weighted by Gasteiger charge is 2.30. The smallest absolute Gasteiger partial charge is 0.213 e. The quantitative estimate of drug-likeness (QED) is 0.847. The lowest BCUT2D eigenvalue weighted by Crippen LogP contribution is -2.49. The highest BCUT2D eigenvalue weighted by molar-refractivity contribution is 7.89. The summed E-state index contributed by atoms with van der Waals surface area (Å²) in [5.74, 6) is 2.55. The number of anilines is 1. The second-order valence-electron chi connectivity index (χ2n) is 6.48. The van der Waals surface area contributed by atoms with E-state index in [-0.39, 0.29) is 5.75 Å². The van der Waals surface area contributed by atoms with E-state index in [0.717, 1.165) is 22.5 Å². The van der Waals surface area contributed by atoms with Gasteiger partial charge in [-0.3, -0.25) is 0 Å². The zero-order valence-corrected chi connectivity index (χ0v) is 14.7. The molecule has 2 heterocycles. The van der Waals surface area contributed by atoms with Crippen LogP contribution in [0.15, 0.2) is 24.3 Å². The van der Waals surface area contributed by atoms with E-state index in [1.165, 1.54) is 12.8 Å². The molecule has 0 spiro atoms. The normalized spacial score (nSPS) is 19.8. The maximum Gasteiger partial charge on any atom is 0.213 e. The van der Waals surface area contributed by atoms with Crippen LogP contribution in [0.2, 0.25) is 0 Å². The van der Waals surface area contributed by atoms with E-state index in [0.29, 0.717) is 32.1 Å². The number of sulfonamides is 1. The van der Waals surface area contributed by atoms with Crippen LogP contribution in [0.4, 0.5) is 5.82 Å². The van der Waals surface area contributed by atoms with Crippen molar-refractivity contribution in [3.8, 4) is 0 Å². The van der Waals surface area contributed by atoms with Crippen molar-refractivity contribution < 1.29 is 8.42 Å². The van der Waals surface area contributed by atoms with Gasteiger partial charge in [0.25, 0.3) is 0 Å². The molecule has 1 aromatic heterocycles. The predicted molar refractivity (Wildman–Crippen MR) is 94.8 cm³/mol. The van der Waals surface area contributed by atoms with Crippen molar-refractivity contribution in [3.05, 3.63) is 30.1 Å². The number of hydrogen-bond acceptors (Lipinski definition) is 5. The van der Waals surface area contributed by atoms with Crippen LogP contribution in [-0.2, 0) is 10.0 Å². The highest BCUT2D eigenvalue weighted by atomic mass is 32.2. The molecule has 0 N–H and O–H groups in total. The van der Waals surface area contributed by atoms with Gasteiger partial charge in [0, 0.05) is 37.5 Å². The summed E-state index contributed by atoms with van der Waals surface area (Å²) in [7, 11) is -3.11. The lowest BCUT2D eigenvalue weighted by Gasteiger charge is -2.35. The Balaban J connectivity index is 1.65. The van der Waals surface area contributed by atoms with E-state index < -0.39 is 10.0 Å². The molecular weight excluding hydrogens is 324 g/mol. The van der Waals surface area contributed by atoms with Crippen LogP contribution in [0.1, 0.15) is 31.5 Å². The van der Waals surface area contributed by atoms with E-state index in [4.69, 9.17) is 9.97 Å². The molecule has 4 rings (SSSR count). The molecule has 0 unspecified atom stereocenters. The molecule has 0 bridgehead atoms. The van der Waals surface area contributed by atoms with Gasteiger partial charge in [-0.25, -0.2) is 18.4 Å². The molecule has 2 aliphatic rings. The Hall–Kier alpha value is -1.73. The van der Waals surface area contributed by atoms with Gasteiger partial charge >= 0.3 is 0 Å². The Labute approximate surface area is 142 Å². The van der Waals surface area contributed by atoms with Gasteiger partial charge in [0.15, 0.2) is 0 Å². The second kappa shape index (κ2) is 5.97. The zero-order valence-electron chi connectivity index (χ0n) is 13.9. The SMILES string of the molecule is CCS(=O)(=O)N1CCN(c2nc(C3CC3)nc3ccccc23)CC1. The molecule has 1 aliphatic carbocycles. The molecule has 0 radical (unpaired) electrons. The van der Waals surface area contributed by atoms with E-state index in [2.05, 4.69) is 11.0 Å². The molecule has 0 atom stereocenters. The van der Waals surface area contributed by atoms with Crippen molar-refractivity contribution in [2.24, 2.45) is 0 Å². The molecule has 1 saturated carbocycles. The molecule has 6 nitrogen and oxygen atoms in total. The van der Waals surface area contributed by atoms with Gasteiger partial charge in [-0.05, 0) is 31.9 Å². The molecule has 1 aromatic carbocycles. The summed E-state index contributed by atoms with van der Waals surface area (Å²) >= 11 is 0. The summed E-state index contributed by atoms with van der Waals surface area (Å²) in [6.45, 7) is 4.08. The summed E-state index contributed by atoms with van der Waals surface area (Å²) in [5, 5.41) is 1.05. The number of nitrogens with zero attached hydrogens (tertiary/aromatic N) is 4. The number of para-hydroxylation sites is 1. The molecule has 128 valence electrons. The first-order chi connectivity index (χ1) is 11.6. The van der Waals surface area contributed by atoms with E-state index in [1.54, 1.807) is 11.2 Å². The van der Waals surface area contributed by atoms with Crippen LogP contribution in [0.25, 0.3) is 10.9 Å². The summed E-state index contributed by atoms with van der Waals surface area (Å²) in [6.07, 6.45) is 2.33. The largest absolute Gasteiger partial charge is 0.353 e. The average Bonchev–Trinajstić information content (AvgIpc) is 3.46. The third-order valence-corrected chi connectivity index (χ3v) is 6.72. The van der Waals surface area contributed by atoms with Gasteiger partial charge in [0.2, 0.25) is 10.0 Å². The molecule has 0 amide bonds. The number of hydrogen-bond donors (Lipinski definition) is 0. The Bertz CT molecular complexity index is 856. The van der Waals surface area contributed by atoms with Gasteiger partial charge in [0.1, 0.15) is 11.6 Å².